The van der Waals surface area contributed by atoms with Gasteiger partial charge in [0.15, 0.2) is 0 Å². The molecule has 0 radical (unpaired) electrons. The van der Waals surface area contributed by atoms with Gasteiger partial charge in [0.1, 0.15) is 0 Å². The van der Waals surface area contributed by atoms with E-state index in [2.05, 4.69) is 13.8 Å². The van der Waals surface area contributed by atoms with Gasteiger partial charge in [-0.15, -0.1) is 0 Å². The van der Waals surface area contributed by atoms with E-state index in [0.29, 0.717) is 12.2 Å². The van der Waals surface area contributed by atoms with E-state index in [1.807, 2.05) is 0 Å². The molecule has 0 unspecified atom stereocenters. The third-order valence-corrected chi connectivity index (χ3v) is 2.10. The Morgan fingerprint density at radius 1 is 1.00 bits per heavy atom. The Balaban J connectivity index is 1.92. The van der Waals surface area contributed by atoms with Crippen LogP contribution in [0.5, 0.6) is 0 Å². The van der Waals surface area contributed by atoms with E-state index in [-0.39, 0.29) is 0 Å². The minimum absolute atomic E-state index is 0.636. The molecule has 0 aliphatic carbocycles. The van der Waals surface area contributed by atoms with Gasteiger partial charge in [-0.3, -0.25) is 0 Å². The van der Waals surface area contributed by atoms with Crippen LogP contribution in [-0.4, -0.2) is 12.2 Å². The molecule has 0 N–H and O–H groups in total. The van der Waals surface area contributed by atoms with Gasteiger partial charge in [-0.05, 0) is 12.8 Å². The summed E-state index contributed by atoms with van der Waals surface area (Å²) in [6.07, 6.45) is 7.75. The minimum Gasteiger partial charge on any atom is -0.370 e. The first-order valence-electron chi connectivity index (χ1n) is 4.54. The molecule has 0 aromatic heterocycles. The Kier molecular flexibility index (Phi) is 3.20. The van der Waals surface area contributed by atoms with Crippen molar-refractivity contribution >= 4 is 0 Å². The quantitative estimate of drug-likeness (QED) is 0.538. The summed E-state index contributed by atoms with van der Waals surface area (Å²) >= 11 is 0. The second-order valence-electron chi connectivity index (χ2n) is 3.14. The Bertz CT molecular complexity index is 90.7. The van der Waals surface area contributed by atoms with Gasteiger partial charge in [-0.2, -0.15) is 0 Å². The molecule has 1 aliphatic heterocycles. The summed E-state index contributed by atoms with van der Waals surface area (Å²) in [7, 11) is 0. The molecule has 0 amide bonds. The van der Waals surface area contributed by atoms with Crippen LogP contribution in [0.2, 0.25) is 0 Å². The molecule has 0 aromatic carbocycles. The molecule has 1 aliphatic rings. The van der Waals surface area contributed by atoms with E-state index in [0.717, 1.165) is 0 Å². The molecular formula is C9H18O. The van der Waals surface area contributed by atoms with E-state index < -0.39 is 0 Å². The molecule has 2 atom stereocenters. The van der Waals surface area contributed by atoms with E-state index in [4.69, 9.17) is 4.74 Å². The van der Waals surface area contributed by atoms with Crippen LogP contribution in [0.15, 0.2) is 0 Å². The highest BCUT2D eigenvalue weighted by molar-refractivity contribution is 4.83. The third-order valence-electron chi connectivity index (χ3n) is 2.10. The van der Waals surface area contributed by atoms with Crippen LogP contribution < -0.4 is 0 Å². The van der Waals surface area contributed by atoms with E-state index in [1.165, 1.54) is 32.1 Å². The lowest BCUT2D eigenvalue weighted by molar-refractivity contribution is 0.352. The Labute approximate surface area is 63.8 Å². The SMILES string of the molecule is CCCC[C@H]1O[C@H]1CCC. The topological polar surface area (TPSA) is 12.5 Å². The largest absolute Gasteiger partial charge is 0.370 e. The normalized spacial score (nSPS) is 30.6. The van der Waals surface area contributed by atoms with Crippen LogP contribution in [0.4, 0.5) is 0 Å². The number of unbranched alkanes of at least 4 members (excludes halogenated alkanes) is 1. The van der Waals surface area contributed by atoms with Crippen molar-refractivity contribution in [2.75, 3.05) is 0 Å². The Morgan fingerprint density at radius 3 is 2.30 bits per heavy atom. The van der Waals surface area contributed by atoms with Gasteiger partial charge in [0.05, 0.1) is 12.2 Å². The van der Waals surface area contributed by atoms with Crippen LogP contribution in [-0.2, 0) is 4.74 Å². The van der Waals surface area contributed by atoms with Gasteiger partial charge < -0.3 is 4.74 Å². The number of hydrogen-bond donors (Lipinski definition) is 0. The van der Waals surface area contributed by atoms with Crippen molar-refractivity contribution in [1.29, 1.82) is 0 Å². The fourth-order valence-electron chi connectivity index (χ4n) is 1.38. The molecule has 1 nitrogen and oxygen atoms in total. The molecule has 0 saturated carbocycles. The highest BCUT2D eigenvalue weighted by Gasteiger charge is 2.36. The maximum Gasteiger partial charge on any atom is 0.0841 e. The molecule has 1 saturated heterocycles. The van der Waals surface area contributed by atoms with E-state index in [9.17, 15) is 0 Å². The second-order valence-corrected chi connectivity index (χ2v) is 3.14. The summed E-state index contributed by atoms with van der Waals surface area (Å²) in [5.74, 6) is 0. The Hall–Kier alpha value is -0.0400. The van der Waals surface area contributed by atoms with Crippen molar-refractivity contribution < 1.29 is 4.74 Å². The number of epoxide rings is 1. The number of hydrogen-bond acceptors (Lipinski definition) is 1. The van der Waals surface area contributed by atoms with Crippen molar-refractivity contribution in [2.45, 2.75) is 58.2 Å². The molecule has 0 spiro atoms. The first kappa shape index (κ1) is 8.06. The monoisotopic (exact) mass is 142 g/mol. The summed E-state index contributed by atoms with van der Waals surface area (Å²) < 4.78 is 5.46. The molecular weight excluding hydrogens is 124 g/mol. The van der Waals surface area contributed by atoms with Crippen molar-refractivity contribution in [2.24, 2.45) is 0 Å². The van der Waals surface area contributed by atoms with Crippen molar-refractivity contribution in [3.63, 3.8) is 0 Å². The highest BCUT2D eigenvalue weighted by atomic mass is 16.6. The maximum atomic E-state index is 5.46. The zero-order chi connectivity index (χ0) is 7.40. The highest BCUT2D eigenvalue weighted by Crippen LogP contribution is 2.30. The van der Waals surface area contributed by atoms with Gasteiger partial charge in [0, 0.05) is 0 Å². The average Bonchev–Trinajstić information content (AvgIpc) is 2.65. The molecule has 1 fully saturated rings. The van der Waals surface area contributed by atoms with Crippen LogP contribution in [0, 0.1) is 0 Å². The lowest BCUT2D eigenvalue weighted by Gasteiger charge is -1.90. The van der Waals surface area contributed by atoms with E-state index >= 15 is 0 Å². The van der Waals surface area contributed by atoms with Gasteiger partial charge in [-0.1, -0.05) is 33.1 Å². The third kappa shape index (κ3) is 2.30. The fourth-order valence-corrected chi connectivity index (χ4v) is 1.38. The zero-order valence-electron chi connectivity index (χ0n) is 7.10. The fraction of sp³-hybridized carbons (Fsp3) is 1.00. The van der Waals surface area contributed by atoms with Gasteiger partial charge >= 0.3 is 0 Å². The van der Waals surface area contributed by atoms with Crippen LogP contribution in [0.3, 0.4) is 0 Å². The number of rotatable bonds is 5. The summed E-state index contributed by atoms with van der Waals surface area (Å²) in [6, 6.07) is 0. The van der Waals surface area contributed by atoms with Gasteiger partial charge in [0.2, 0.25) is 0 Å². The summed E-state index contributed by atoms with van der Waals surface area (Å²) in [4.78, 5) is 0. The van der Waals surface area contributed by atoms with Crippen molar-refractivity contribution in [1.82, 2.24) is 0 Å². The minimum atomic E-state index is 0.636. The smallest absolute Gasteiger partial charge is 0.0841 e. The van der Waals surface area contributed by atoms with Crippen molar-refractivity contribution in [3.05, 3.63) is 0 Å². The first-order chi connectivity index (χ1) is 4.88. The molecule has 60 valence electrons. The number of ether oxygens (including phenoxy) is 1. The van der Waals surface area contributed by atoms with Crippen LogP contribution in [0.1, 0.15) is 46.0 Å². The lowest BCUT2D eigenvalue weighted by Crippen LogP contribution is -1.92. The predicted molar refractivity (Wildman–Crippen MR) is 43.1 cm³/mol. The molecule has 1 heteroatoms. The van der Waals surface area contributed by atoms with Gasteiger partial charge in [-0.25, -0.2) is 0 Å². The van der Waals surface area contributed by atoms with Crippen LogP contribution in [0.25, 0.3) is 0 Å². The first-order valence-corrected chi connectivity index (χ1v) is 4.54. The summed E-state index contributed by atoms with van der Waals surface area (Å²) in [5, 5.41) is 0. The van der Waals surface area contributed by atoms with Crippen LogP contribution >= 0.6 is 0 Å². The molecule has 10 heavy (non-hydrogen) atoms. The van der Waals surface area contributed by atoms with Gasteiger partial charge in [0.25, 0.3) is 0 Å². The predicted octanol–water partition coefficient (Wildman–Crippen LogP) is 2.74. The molecule has 0 bridgehead atoms. The summed E-state index contributed by atoms with van der Waals surface area (Å²) in [6.45, 7) is 4.45. The lowest BCUT2D eigenvalue weighted by atomic mass is 10.1. The molecule has 0 aromatic rings. The summed E-state index contributed by atoms with van der Waals surface area (Å²) in [5.41, 5.74) is 0. The van der Waals surface area contributed by atoms with Crippen molar-refractivity contribution in [3.8, 4) is 0 Å². The Morgan fingerprint density at radius 2 is 1.70 bits per heavy atom. The average molecular weight is 142 g/mol. The second kappa shape index (κ2) is 3.97. The molecule has 1 rings (SSSR count). The standard InChI is InChI=1S/C9H18O/c1-3-5-7-9-8(10-9)6-4-2/h8-9H,3-7H2,1-2H3/t8-,9+/m0/s1. The van der Waals surface area contributed by atoms with E-state index in [1.54, 1.807) is 0 Å². The molecule has 1 heterocycles. The zero-order valence-corrected chi connectivity index (χ0v) is 7.10. The maximum absolute atomic E-state index is 5.46.